The Labute approximate surface area is 46.9 Å². The molecule has 0 amide bonds. The van der Waals surface area contributed by atoms with Gasteiger partial charge in [-0.3, -0.25) is 0 Å². The van der Waals surface area contributed by atoms with Crippen LogP contribution in [0, 0.1) is 0 Å². The molecule has 0 atom stereocenters. The predicted molar refractivity (Wildman–Crippen MR) is 16.2 cm³/mol. The summed E-state index contributed by atoms with van der Waals surface area (Å²) in [7, 11) is -3.37. The van der Waals surface area contributed by atoms with Crippen LogP contribution in [-0.4, -0.2) is 23.9 Å². The summed E-state index contributed by atoms with van der Waals surface area (Å²) in [5.41, 5.74) is 0. The molecule has 0 saturated carbocycles. The van der Waals surface area contributed by atoms with E-state index in [0.717, 1.165) is 0 Å². The third-order valence-corrected chi connectivity index (χ3v) is 0. The molecule has 0 heterocycles. The van der Waals surface area contributed by atoms with Crippen molar-refractivity contribution in [1.29, 1.82) is 0 Å². The van der Waals surface area contributed by atoms with Crippen molar-refractivity contribution in [2.45, 2.75) is 0 Å². The predicted octanol–water partition coefficient (Wildman–Crippen LogP) is -2.55. The van der Waals surface area contributed by atoms with Crippen LogP contribution in [0.3, 0.4) is 0 Å². The molecule has 0 aliphatic carbocycles. The van der Waals surface area contributed by atoms with Crippen LogP contribution in [0.15, 0.2) is 0 Å². The van der Waals surface area contributed by atoms with Gasteiger partial charge in [-0.05, 0) is 0 Å². The van der Waals surface area contributed by atoms with Gasteiger partial charge in [-0.25, -0.2) is 0 Å². The van der Waals surface area contributed by atoms with E-state index in [1.54, 1.807) is 0 Å². The molecule has 0 aromatic carbocycles. The van der Waals surface area contributed by atoms with Crippen LogP contribution in [0.2, 0.25) is 0 Å². The third kappa shape index (κ3) is 57.1. The maximum absolute atomic E-state index is 8.48. The molecular weight excluding hydrogens is 198 g/mol. The minimum absolute atomic E-state index is 0. The van der Waals surface area contributed by atoms with Gasteiger partial charge in [0.25, 0.3) is 8.25 Å². The summed E-state index contributed by atoms with van der Waals surface area (Å²) in [5.74, 6) is 0. The molecule has 28 valence electrons. The van der Waals surface area contributed by atoms with Crippen molar-refractivity contribution in [2.75, 3.05) is 0 Å². The van der Waals surface area contributed by atoms with Crippen molar-refractivity contribution in [2.24, 2.45) is 0 Å². The van der Waals surface area contributed by atoms with Gasteiger partial charge in [-0.2, -0.15) is 0 Å². The molecule has 0 fully saturated rings. The van der Waals surface area contributed by atoms with Crippen LogP contribution in [0.4, 0.5) is 0 Å². The van der Waals surface area contributed by atoms with E-state index in [4.69, 9.17) is 14.4 Å². The molecule has 3 nitrogen and oxygen atoms in total. The van der Waals surface area contributed by atoms with Crippen LogP contribution in [-0.2, 0) is 4.57 Å². The van der Waals surface area contributed by atoms with Gasteiger partial charge in [0.1, 0.15) is 0 Å². The summed E-state index contributed by atoms with van der Waals surface area (Å²) < 4.78 is 8.48. The molecule has 0 bridgehead atoms. The molecule has 0 radical (unpaired) electrons. The molecule has 0 aliphatic heterocycles. The average Bonchev–Trinajstić information content (AvgIpc) is 0.811. The topological polar surface area (TPSA) is 63.2 Å². The van der Waals surface area contributed by atoms with E-state index in [9.17, 15) is 0 Å². The molecule has 5 heavy (non-hydrogen) atoms. The zero-order valence-electron chi connectivity index (χ0n) is 2.38. The fourth-order valence-electron chi connectivity index (χ4n) is 0. The Morgan fingerprint density at radius 1 is 1.40 bits per heavy atom. The Hall–Kier alpha value is 0.819. The monoisotopic (exact) mass is 201 g/mol. The standard InChI is InChI=1S/HO3P.Sn.2H/c1-4(2)3;;;/h(H,1,2,3);;;/q;+2;;/p-1. The van der Waals surface area contributed by atoms with Crippen LogP contribution in [0.25, 0.3) is 0 Å². The van der Waals surface area contributed by atoms with Gasteiger partial charge in [-0.15, -0.1) is 0 Å². The Kier molecular flexibility index (Phi) is 8.93. The number of rotatable bonds is 0. The Bertz CT molecular complexity index is 29.9. The van der Waals surface area contributed by atoms with Gasteiger partial charge in [-0.1, -0.05) is 4.57 Å². The van der Waals surface area contributed by atoms with Crippen molar-refractivity contribution in [3.05, 3.63) is 0 Å². The normalized spacial score (nSPS) is 5.20. The Balaban J connectivity index is 0. The minimum atomic E-state index is -3.37. The van der Waals surface area contributed by atoms with Crippen molar-refractivity contribution < 1.29 is 14.4 Å². The second-order valence-corrected chi connectivity index (χ2v) is 0.671. The molecule has 0 aromatic rings. The summed E-state index contributed by atoms with van der Waals surface area (Å²) in [5, 5.41) is 0. The number of hydrogen-bond acceptors (Lipinski definition) is 3. The molecule has 0 aliphatic rings. The molecule has 5 heteroatoms. The quantitative estimate of drug-likeness (QED) is 0.319. The van der Waals surface area contributed by atoms with E-state index in [0.29, 0.717) is 0 Å². The van der Waals surface area contributed by atoms with Gasteiger partial charge < -0.3 is 9.79 Å². The SMILES string of the molecule is O=[P+]([O-])[O-].[SnH2+2]. The van der Waals surface area contributed by atoms with Gasteiger partial charge in [0, 0.05) is 0 Å². The Morgan fingerprint density at radius 2 is 1.40 bits per heavy atom. The molecule has 0 N–H and O–H groups in total. The van der Waals surface area contributed by atoms with Crippen LogP contribution >= 0.6 is 8.25 Å². The summed E-state index contributed by atoms with van der Waals surface area (Å²) in [6, 6.07) is 0. The molecule has 0 aromatic heterocycles. The van der Waals surface area contributed by atoms with Gasteiger partial charge in [0.05, 0.1) is 0 Å². The molecular formula is H2O3PSn+. The van der Waals surface area contributed by atoms with E-state index in [2.05, 4.69) is 0 Å². The first kappa shape index (κ1) is 9.27. The summed E-state index contributed by atoms with van der Waals surface area (Å²) in [6.45, 7) is 0. The fraction of sp³-hybridized carbons (Fsp3) is 0. The van der Waals surface area contributed by atoms with Gasteiger partial charge in [0.2, 0.25) is 0 Å². The van der Waals surface area contributed by atoms with Gasteiger partial charge >= 0.3 is 23.9 Å². The van der Waals surface area contributed by atoms with Crippen LogP contribution in [0.5, 0.6) is 0 Å². The van der Waals surface area contributed by atoms with Crippen LogP contribution < -0.4 is 9.79 Å². The second-order valence-electron chi connectivity index (χ2n) is 0.224. The first-order chi connectivity index (χ1) is 1.73. The molecule has 0 saturated heterocycles. The fourth-order valence-corrected chi connectivity index (χ4v) is 0. The van der Waals surface area contributed by atoms with Crippen molar-refractivity contribution >= 4 is 32.2 Å². The third-order valence-electron chi connectivity index (χ3n) is 0. The molecule has 0 spiro atoms. The van der Waals surface area contributed by atoms with Crippen LogP contribution in [0.1, 0.15) is 0 Å². The summed E-state index contributed by atoms with van der Waals surface area (Å²) in [4.78, 5) is 17.0. The van der Waals surface area contributed by atoms with E-state index < -0.39 is 8.25 Å². The zero-order valence-corrected chi connectivity index (χ0v) is 7.31. The maximum atomic E-state index is 8.48. The first-order valence-corrected chi connectivity index (χ1v) is 1.64. The van der Waals surface area contributed by atoms with Crippen molar-refractivity contribution in [3.63, 3.8) is 0 Å². The van der Waals surface area contributed by atoms with E-state index in [1.807, 2.05) is 0 Å². The molecule has 0 unspecified atom stereocenters. The zero-order chi connectivity index (χ0) is 3.58. The summed E-state index contributed by atoms with van der Waals surface area (Å²) >= 11 is 0. The number of hydrogen-bond donors (Lipinski definition) is 0. The second kappa shape index (κ2) is 4.82. The van der Waals surface area contributed by atoms with E-state index >= 15 is 0 Å². The van der Waals surface area contributed by atoms with E-state index in [-0.39, 0.29) is 23.9 Å². The molecule has 0 rings (SSSR count). The van der Waals surface area contributed by atoms with Crippen molar-refractivity contribution in [3.8, 4) is 0 Å². The Morgan fingerprint density at radius 3 is 1.40 bits per heavy atom. The summed E-state index contributed by atoms with van der Waals surface area (Å²) in [6.07, 6.45) is 0. The van der Waals surface area contributed by atoms with Crippen molar-refractivity contribution in [1.82, 2.24) is 0 Å². The van der Waals surface area contributed by atoms with E-state index in [1.165, 1.54) is 0 Å². The van der Waals surface area contributed by atoms with Gasteiger partial charge in [0.15, 0.2) is 0 Å². The average molecular weight is 200 g/mol. The first-order valence-electron chi connectivity index (χ1n) is 0.548.